The van der Waals surface area contributed by atoms with Gasteiger partial charge in [-0.25, -0.2) is 4.98 Å². The first-order valence-electron chi connectivity index (χ1n) is 5.55. The van der Waals surface area contributed by atoms with E-state index in [1.54, 1.807) is 6.20 Å². The molecule has 0 aliphatic heterocycles. The van der Waals surface area contributed by atoms with Gasteiger partial charge in [0.2, 0.25) is 5.88 Å². The number of nitrogens with zero attached hydrogens (tertiary/aromatic N) is 1. The number of benzene rings is 1. The summed E-state index contributed by atoms with van der Waals surface area (Å²) in [4.78, 5) is 4.28. The highest BCUT2D eigenvalue weighted by atomic mass is 79.9. The SMILES string of the molecule is Cc1ccc(Oc2ncc(CCl)cc2C)c(Br)c1. The van der Waals surface area contributed by atoms with Gasteiger partial charge in [0.05, 0.1) is 4.47 Å². The minimum Gasteiger partial charge on any atom is -0.438 e. The normalized spacial score (nSPS) is 10.4. The third-order valence-corrected chi connectivity index (χ3v) is 3.46. The highest BCUT2D eigenvalue weighted by Crippen LogP contribution is 2.31. The molecule has 0 N–H and O–H groups in total. The van der Waals surface area contributed by atoms with Crippen LogP contribution in [0.1, 0.15) is 16.7 Å². The van der Waals surface area contributed by atoms with Gasteiger partial charge in [-0.15, -0.1) is 11.6 Å². The fourth-order valence-corrected chi connectivity index (χ4v) is 2.31. The van der Waals surface area contributed by atoms with E-state index >= 15 is 0 Å². The maximum atomic E-state index is 5.79. The molecule has 1 aromatic carbocycles. The van der Waals surface area contributed by atoms with Gasteiger partial charge >= 0.3 is 0 Å². The lowest BCUT2D eigenvalue weighted by molar-refractivity contribution is 0.455. The van der Waals surface area contributed by atoms with E-state index in [1.807, 2.05) is 38.1 Å². The molecule has 18 heavy (non-hydrogen) atoms. The smallest absolute Gasteiger partial charge is 0.222 e. The van der Waals surface area contributed by atoms with E-state index in [-0.39, 0.29) is 0 Å². The number of halogens is 2. The lowest BCUT2D eigenvalue weighted by Gasteiger charge is -2.10. The molecule has 0 saturated carbocycles. The van der Waals surface area contributed by atoms with Crippen molar-refractivity contribution in [1.29, 1.82) is 0 Å². The number of hydrogen-bond acceptors (Lipinski definition) is 2. The molecule has 0 amide bonds. The first-order chi connectivity index (χ1) is 8.60. The summed E-state index contributed by atoms with van der Waals surface area (Å²) in [5.74, 6) is 1.82. The molecule has 2 nitrogen and oxygen atoms in total. The van der Waals surface area contributed by atoms with Crippen molar-refractivity contribution in [2.75, 3.05) is 0 Å². The zero-order valence-electron chi connectivity index (χ0n) is 10.2. The quantitative estimate of drug-likeness (QED) is 0.741. The Morgan fingerprint density at radius 2 is 2.06 bits per heavy atom. The molecule has 4 heteroatoms. The summed E-state index contributed by atoms with van der Waals surface area (Å²) in [5.41, 5.74) is 3.14. The molecule has 0 atom stereocenters. The van der Waals surface area contributed by atoms with Crippen molar-refractivity contribution >= 4 is 27.5 Å². The van der Waals surface area contributed by atoms with Crippen LogP contribution in [0.2, 0.25) is 0 Å². The molecular formula is C14H13BrClNO. The Morgan fingerprint density at radius 1 is 1.28 bits per heavy atom. The Hall–Kier alpha value is -1.06. The molecule has 94 valence electrons. The second-order valence-electron chi connectivity index (χ2n) is 4.14. The molecule has 0 saturated heterocycles. The first-order valence-corrected chi connectivity index (χ1v) is 6.88. The lowest BCUT2D eigenvalue weighted by Crippen LogP contribution is -1.94. The largest absolute Gasteiger partial charge is 0.438 e. The van der Waals surface area contributed by atoms with E-state index in [4.69, 9.17) is 16.3 Å². The Labute approximate surface area is 120 Å². The van der Waals surface area contributed by atoms with Crippen LogP contribution in [-0.4, -0.2) is 4.98 Å². The number of pyridine rings is 1. The zero-order chi connectivity index (χ0) is 13.1. The molecular weight excluding hydrogens is 314 g/mol. The minimum absolute atomic E-state index is 0.461. The molecule has 2 aromatic rings. The van der Waals surface area contributed by atoms with Crippen LogP contribution < -0.4 is 4.74 Å². The number of rotatable bonds is 3. The second-order valence-corrected chi connectivity index (χ2v) is 5.26. The molecule has 0 radical (unpaired) electrons. The van der Waals surface area contributed by atoms with Crippen LogP contribution in [0.5, 0.6) is 11.6 Å². The maximum Gasteiger partial charge on any atom is 0.222 e. The number of aromatic nitrogens is 1. The van der Waals surface area contributed by atoms with E-state index in [2.05, 4.69) is 20.9 Å². The van der Waals surface area contributed by atoms with Crippen LogP contribution >= 0.6 is 27.5 Å². The molecule has 0 fully saturated rings. The van der Waals surface area contributed by atoms with Gasteiger partial charge in [0.25, 0.3) is 0 Å². The molecule has 0 unspecified atom stereocenters. The van der Waals surface area contributed by atoms with E-state index in [0.29, 0.717) is 11.8 Å². The summed E-state index contributed by atoms with van der Waals surface area (Å²) in [6.45, 7) is 3.99. The summed E-state index contributed by atoms with van der Waals surface area (Å²) in [6, 6.07) is 7.92. The van der Waals surface area contributed by atoms with Crippen LogP contribution in [0.4, 0.5) is 0 Å². The van der Waals surface area contributed by atoms with Crippen molar-refractivity contribution in [2.45, 2.75) is 19.7 Å². The fourth-order valence-electron chi connectivity index (χ4n) is 1.59. The van der Waals surface area contributed by atoms with E-state index in [9.17, 15) is 0 Å². The summed E-state index contributed by atoms with van der Waals surface area (Å²) in [5, 5.41) is 0. The highest BCUT2D eigenvalue weighted by Gasteiger charge is 2.07. The summed E-state index contributed by atoms with van der Waals surface area (Å²) in [6.07, 6.45) is 1.73. The number of hydrogen-bond donors (Lipinski definition) is 0. The molecule has 0 aliphatic carbocycles. The standard InChI is InChI=1S/C14H13BrClNO/c1-9-3-4-13(12(15)5-9)18-14-10(2)6-11(7-16)8-17-14/h3-6,8H,7H2,1-2H3. The molecule has 1 heterocycles. The summed E-state index contributed by atoms with van der Waals surface area (Å²) in [7, 11) is 0. The van der Waals surface area contributed by atoms with Crippen molar-refractivity contribution in [3.63, 3.8) is 0 Å². The number of ether oxygens (including phenoxy) is 1. The average molecular weight is 327 g/mol. The third kappa shape index (κ3) is 3.03. The van der Waals surface area contributed by atoms with Crippen molar-refractivity contribution in [3.05, 3.63) is 51.6 Å². The van der Waals surface area contributed by atoms with Gasteiger partial charge in [-0.1, -0.05) is 6.07 Å². The molecule has 2 rings (SSSR count). The fraction of sp³-hybridized carbons (Fsp3) is 0.214. The Bertz CT molecular complexity index is 572. The van der Waals surface area contributed by atoms with Gasteiger partial charge in [0.15, 0.2) is 0 Å². The third-order valence-electron chi connectivity index (χ3n) is 2.54. The first kappa shape index (κ1) is 13.4. The number of aryl methyl sites for hydroxylation is 2. The van der Waals surface area contributed by atoms with Crippen molar-refractivity contribution in [3.8, 4) is 11.6 Å². The lowest BCUT2D eigenvalue weighted by atomic mass is 10.2. The summed E-state index contributed by atoms with van der Waals surface area (Å²) < 4.78 is 6.71. The van der Waals surface area contributed by atoms with E-state index in [1.165, 1.54) is 5.56 Å². The highest BCUT2D eigenvalue weighted by molar-refractivity contribution is 9.10. The van der Waals surface area contributed by atoms with Crippen molar-refractivity contribution in [1.82, 2.24) is 4.98 Å². The van der Waals surface area contributed by atoms with Crippen LogP contribution in [0, 0.1) is 13.8 Å². The van der Waals surface area contributed by atoms with E-state index in [0.717, 1.165) is 21.3 Å². The number of alkyl halides is 1. The molecule has 0 bridgehead atoms. The molecule has 0 spiro atoms. The van der Waals surface area contributed by atoms with Gasteiger partial charge < -0.3 is 4.74 Å². The Kier molecular flexibility index (Phi) is 4.25. The Morgan fingerprint density at radius 3 is 2.67 bits per heavy atom. The van der Waals surface area contributed by atoms with Gasteiger partial charge in [0.1, 0.15) is 5.75 Å². The second kappa shape index (κ2) is 5.72. The Balaban J connectivity index is 2.28. The van der Waals surface area contributed by atoms with Gasteiger partial charge in [-0.05, 0) is 59.1 Å². The van der Waals surface area contributed by atoms with Crippen molar-refractivity contribution in [2.24, 2.45) is 0 Å². The minimum atomic E-state index is 0.461. The molecule has 0 aliphatic rings. The summed E-state index contributed by atoms with van der Waals surface area (Å²) >= 11 is 9.25. The van der Waals surface area contributed by atoms with Gasteiger partial charge in [-0.2, -0.15) is 0 Å². The van der Waals surface area contributed by atoms with E-state index < -0.39 is 0 Å². The maximum absolute atomic E-state index is 5.79. The average Bonchev–Trinajstić information content (AvgIpc) is 2.34. The van der Waals surface area contributed by atoms with Crippen LogP contribution in [0.15, 0.2) is 34.9 Å². The van der Waals surface area contributed by atoms with Crippen molar-refractivity contribution < 1.29 is 4.74 Å². The zero-order valence-corrected chi connectivity index (χ0v) is 12.5. The van der Waals surface area contributed by atoms with Crippen LogP contribution in [0.25, 0.3) is 0 Å². The van der Waals surface area contributed by atoms with Gasteiger partial charge in [-0.3, -0.25) is 0 Å². The predicted molar refractivity (Wildman–Crippen MR) is 77.5 cm³/mol. The monoisotopic (exact) mass is 325 g/mol. The topological polar surface area (TPSA) is 22.1 Å². The van der Waals surface area contributed by atoms with Crippen LogP contribution in [0.3, 0.4) is 0 Å². The van der Waals surface area contributed by atoms with Gasteiger partial charge in [0, 0.05) is 17.6 Å². The van der Waals surface area contributed by atoms with Crippen LogP contribution in [-0.2, 0) is 5.88 Å². The predicted octanol–water partition coefficient (Wildman–Crippen LogP) is 4.99. The molecule has 1 aromatic heterocycles.